The molecule has 0 saturated heterocycles. The molecular formula is C8H10O3S. The first-order valence-electron chi connectivity index (χ1n) is 4.02. The molecule has 3 nitrogen and oxygen atoms in total. The molecule has 0 aromatic heterocycles. The van der Waals surface area contributed by atoms with Crippen molar-refractivity contribution in [2.75, 3.05) is 6.61 Å². The van der Waals surface area contributed by atoms with Gasteiger partial charge in [-0.25, -0.2) is 0 Å². The van der Waals surface area contributed by atoms with E-state index in [2.05, 4.69) is 4.18 Å². The minimum Gasteiger partial charge on any atom is -0.267 e. The molecule has 0 unspecified atom stereocenters. The van der Waals surface area contributed by atoms with Gasteiger partial charge in [-0.3, -0.25) is 4.18 Å². The third kappa shape index (κ3) is 2.06. The van der Waals surface area contributed by atoms with Crippen molar-refractivity contribution >= 4 is 10.1 Å². The maximum Gasteiger partial charge on any atom is 0.296 e. The Kier molecular flexibility index (Phi) is 2.39. The Balaban J connectivity index is 3.02. The Morgan fingerprint density at radius 2 is 2.08 bits per heavy atom. The van der Waals surface area contributed by atoms with Crippen molar-refractivity contribution in [3.63, 3.8) is 0 Å². The first-order valence-corrected chi connectivity index (χ1v) is 4.93. The van der Waals surface area contributed by atoms with Crippen LogP contribution in [0.15, 0.2) is 35.2 Å². The predicted octanol–water partition coefficient (Wildman–Crippen LogP) is 1.41. The van der Waals surface area contributed by atoms with Gasteiger partial charge < -0.3 is 0 Å². The second-order valence-electron chi connectivity index (χ2n) is 2.10. The summed E-state index contributed by atoms with van der Waals surface area (Å²) in [5.41, 5.74) is 0. The van der Waals surface area contributed by atoms with Crippen LogP contribution in [0.1, 0.15) is 8.29 Å². The van der Waals surface area contributed by atoms with E-state index in [1.54, 1.807) is 6.92 Å². The average molecular weight is 187 g/mol. The second kappa shape index (κ2) is 3.69. The SMILES string of the molecule is [2H]c1ccc(S(=O)(=O)OCC)cc1. The monoisotopic (exact) mass is 187 g/mol. The molecule has 0 heterocycles. The molecule has 1 aromatic rings. The van der Waals surface area contributed by atoms with Crippen molar-refractivity contribution in [3.8, 4) is 0 Å². The fourth-order valence-electron chi connectivity index (χ4n) is 0.761. The normalized spacial score (nSPS) is 12.6. The quantitative estimate of drug-likeness (QED) is 0.672. The molecule has 0 bridgehead atoms. The molecular weight excluding hydrogens is 176 g/mol. The zero-order valence-corrected chi connectivity index (χ0v) is 7.47. The van der Waals surface area contributed by atoms with Crippen molar-refractivity contribution in [1.29, 1.82) is 0 Å². The average Bonchev–Trinajstić information content (AvgIpc) is 2.05. The first-order chi connectivity index (χ1) is 6.06. The highest BCUT2D eigenvalue weighted by Crippen LogP contribution is 2.10. The molecule has 0 radical (unpaired) electrons. The molecule has 1 rings (SSSR count). The van der Waals surface area contributed by atoms with Gasteiger partial charge in [-0.15, -0.1) is 0 Å². The third-order valence-electron chi connectivity index (χ3n) is 1.25. The van der Waals surface area contributed by atoms with Crippen molar-refractivity contribution in [1.82, 2.24) is 0 Å². The minimum atomic E-state index is -3.61. The van der Waals surface area contributed by atoms with Crippen molar-refractivity contribution < 1.29 is 14.0 Å². The fraction of sp³-hybridized carbons (Fsp3) is 0.250. The smallest absolute Gasteiger partial charge is 0.267 e. The molecule has 0 saturated carbocycles. The van der Waals surface area contributed by atoms with E-state index in [1.807, 2.05) is 0 Å². The lowest BCUT2D eigenvalue weighted by molar-refractivity contribution is 0.338. The summed E-state index contributed by atoms with van der Waals surface area (Å²) >= 11 is 0. The molecule has 0 fully saturated rings. The topological polar surface area (TPSA) is 43.4 Å². The first kappa shape index (κ1) is 7.76. The van der Waals surface area contributed by atoms with Crippen LogP contribution in [0, 0.1) is 0 Å². The van der Waals surface area contributed by atoms with E-state index in [-0.39, 0.29) is 17.5 Å². The summed E-state index contributed by atoms with van der Waals surface area (Å²) in [4.78, 5) is 0.0883. The summed E-state index contributed by atoms with van der Waals surface area (Å²) in [6, 6.07) is 5.80. The van der Waals surface area contributed by atoms with Crippen molar-refractivity contribution in [2.45, 2.75) is 11.8 Å². The van der Waals surface area contributed by atoms with Crippen LogP contribution in [0.25, 0.3) is 0 Å². The molecule has 0 spiro atoms. The van der Waals surface area contributed by atoms with Crippen molar-refractivity contribution in [3.05, 3.63) is 30.3 Å². The van der Waals surface area contributed by atoms with Crippen LogP contribution in [0.2, 0.25) is 0 Å². The molecule has 12 heavy (non-hydrogen) atoms. The van der Waals surface area contributed by atoms with Crippen LogP contribution in [-0.2, 0) is 14.3 Å². The fourth-order valence-corrected chi connectivity index (χ4v) is 1.68. The zero-order valence-electron chi connectivity index (χ0n) is 7.65. The van der Waals surface area contributed by atoms with Crippen LogP contribution < -0.4 is 0 Å². The van der Waals surface area contributed by atoms with Gasteiger partial charge in [-0.1, -0.05) is 18.2 Å². The largest absolute Gasteiger partial charge is 0.296 e. The Labute approximate surface area is 73.5 Å². The van der Waals surface area contributed by atoms with Gasteiger partial charge in [0.15, 0.2) is 0 Å². The summed E-state index contributed by atoms with van der Waals surface area (Å²) in [7, 11) is -3.61. The molecule has 0 N–H and O–H groups in total. The lowest BCUT2D eigenvalue weighted by atomic mass is 10.4. The van der Waals surface area contributed by atoms with Crippen LogP contribution >= 0.6 is 0 Å². The standard InChI is InChI=1S/C8H10O3S/c1-2-11-12(9,10)8-6-4-3-5-7-8/h3-7H,2H2,1H3/i3D. The molecule has 0 aliphatic carbocycles. The van der Waals surface area contributed by atoms with Gasteiger partial charge in [0.05, 0.1) is 12.9 Å². The van der Waals surface area contributed by atoms with Crippen LogP contribution in [0.4, 0.5) is 0 Å². The van der Waals surface area contributed by atoms with Gasteiger partial charge in [-0.2, -0.15) is 8.42 Å². The molecule has 0 aliphatic rings. The van der Waals surface area contributed by atoms with E-state index in [9.17, 15) is 8.42 Å². The van der Waals surface area contributed by atoms with Crippen LogP contribution in [0.5, 0.6) is 0 Å². The van der Waals surface area contributed by atoms with Gasteiger partial charge in [0.1, 0.15) is 0 Å². The maximum absolute atomic E-state index is 11.3. The Bertz CT molecular complexity index is 369. The minimum absolute atomic E-state index is 0.0883. The van der Waals surface area contributed by atoms with E-state index in [1.165, 1.54) is 24.3 Å². The summed E-state index contributed by atoms with van der Waals surface area (Å²) in [6.07, 6.45) is 0. The second-order valence-corrected chi connectivity index (χ2v) is 3.71. The third-order valence-corrected chi connectivity index (χ3v) is 2.64. The number of hydrogen-bond donors (Lipinski definition) is 0. The summed E-state index contributed by atoms with van der Waals surface area (Å²) in [6.45, 7) is 1.72. The number of hydrogen-bond acceptors (Lipinski definition) is 3. The summed E-state index contributed by atoms with van der Waals surface area (Å²) < 4.78 is 34.2. The molecule has 4 heteroatoms. The highest BCUT2D eigenvalue weighted by molar-refractivity contribution is 7.86. The Morgan fingerprint density at radius 3 is 2.58 bits per heavy atom. The lowest BCUT2D eigenvalue weighted by Crippen LogP contribution is -2.05. The zero-order chi connectivity index (χ0) is 9.90. The lowest BCUT2D eigenvalue weighted by Gasteiger charge is -2.01. The molecule has 0 aliphatic heterocycles. The number of benzene rings is 1. The van der Waals surface area contributed by atoms with Gasteiger partial charge in [0.2, 0.25) is 0 Å². The maximum atomic E-state index is 11.3. The van der Waals surface area contributed by atoms with E-state index in [0.29, 0.717) is 0 Å². The van der Waals surface area contributed by atoms with Gasteiger partial charge in [-0.05, 0) is 19.1 Å². The Hall–Kier alpha value is -0.870. The molecule has 0 amide bonds. The van der Waals surface area contributed by atoms with Crippen molar-refractivity contribution in [2.24, 2.45) is 0 Å². The Morgan fingerprint density at radius 1 is 1.50 bits per heavy atom. The van der Waals surface area contributed by atoms with E-state index < -0.39 is 10.1 Å². The summed E-state index contributed by atoms with van der Waals surface area (Å²) in [5, 5.41) is 0. The van der Waals surface area contributed by atoms with Crippen LogP contribution in [0.3, 0.4) is 0 Å². The molecule has 1 aromatic carbocycles. The van der Waals surface area contributed by atoms with E-state index >= 15 is 0 Å². The van der Waals surface area contributed by atoms with Gasteiger partial charge in [0, 0.05) is 0 Å². The van der Waals surface area contributed by atoms with E-state index in [4.69, 9.17) is 1.37 Å². The van der Waals surface area contributed by atoms with Gasteiger partial charge >= 0.3 is 0 Å². The summed E-state index contributed by atoms with van der Waals surface area (Å²) in [5.74, 6) is 0. The van der Waals surface area contributed by atoms with Crippen LogP contribution in [-0.4, -0.2) is 15.0 Å². The molecule has 66 valence electrons. The van der Waals surface area contributed by atoms with Gasteiger partial charge in [0.25, 0.3) is 10.1 Å². The van der Waals surface area contributed by atoms with E-state index in [0.717, 1.165) is 0 Å². The molecule has 0 atom stereocenters. The highest BCUT2D eigenvalue weighted by Gasteiger charge is 2.11. The number of rotatable bonds is 3. The predicted molar refractivity (Wildman–Crippen MR) is 45.3 cm³/mol. The highest BCUT2D eigenvalue weighted by atomic mass is 32.2.